The largest absolute Gasteiger partial charge is 0.329 e. The van der Waals surface area contributed by atoms with E-state index in [9.17, 15) is 8.42 Å². The van der Waals surface area contributed by atoms with Crippen LogP contribution < -0.4 is 10.5 Å². The van der Waals surface area contributed by atoms with Gasteiger partial charge in [-0.05, 0) is 31.2 Å². The van der Waals surface area contributed by atoms with Crippen LogP contribution in [0.3, 0.4) is 0 Å². The van der Waals surface area contributed by atoms with Crippen LogP contribution in [0.15, 0.2) is 30.3 Å². The second kappa shape index (κ2) is 5.81. The number of benzene rings is 1. The van der Waals surface area contributed by atoms with Gasteiger partial charge in [-0.3, -0.25) is 0 Å². The Balaban J connectivity index is 2.05. The van der Waals surface area contributed by atoms with Crippen molar-refractivity contribution in [3.05, 3.63) is 35.9 Å². The monoisotopic (exact) mass is 297 g/mol. The predicted octanol–water partition coefficient (Wildman–Crippen LogP) is 1.08. The molecular formula is C14H23N3O2S. The van der Waals surface area contributed by atoms with Crippen LogP contribution in [0.25, 0.3) is 0 Å². The quantitative estimate of drug-likeness (QED) is 0.791. The molecule has 1 unspecified atom stereocenters. The summed E-state index contributed by atoms with van der Waals surface area (Å²) in [6.45, 7) is 2.55. The van der Waals surface area contributed by atoms with Crippen molar-refractivity contribution in [3.8, 4) is 0 Å². The van der Waals surface area contributed by atoms with Gasteiger partial charge in [0.15, 0.2) is 0 Å². The van der Waals surface area contributed by atoms with Crippen LogP contribution >= 0.6 is 0 Å². The second-order valence-corrected chi connectivity index (χ2v) is 7.52. The molecular weight excluding hydrogens is 274 g/mol. The van der Waals surface area contributed by atoms with Crippen LogP contribution in [0.5, 0.6) is 0 Å². The molecule has 0 radical (unpaired) electrons. The third-order valence-corrected chi connectivity index (χ3v) is 5.60. The smallest absolute Gasteiger partial charge is 0.280 e. The highest BCUT2D eigenvalue weighted by Crippen LogP contribution is 2.39. The standard InChI is InChI=1S/C14H23N3O2S/c1-14(11-15,13-8-9-13)16-20(18,19)17(2)10-12-6-4-3-5-7-12/h3-7,13,16H,8-11,15H2,1-2H3. The summed E-state index contributed by atoms with van der Waals surface area (Å²) in [6, 6.07) is 9.54. The number of rotatable bonds is 7. The molecule has 1 aromatic rings. The van der Waals surface area contributed by atoms with E-state index in [1.165, 1.54) is 4.31 Å². The van der Waals surface area contributed by atoms with Crippen molar-refractivity contribution in [2.75, 3.05) is 13.6 Å². The maximum Gasteiger partial charge on any atom is 0.280 e. The van der Waals surface area contributed by atoms with E-state index in [1.54, 1.807) is 7.05 Å². The fourth-order valence-electron chi connectivity index (χ4n) is 2.31. The molecule has 2 rings (SSSR count). The zero-order valence-electron chi connectivity index (χ0n) is 12.0. The maximum atomic E-state index is 12.4. The van der Waals surface area contributed by atoms with Crippen LogP contribution in [0.1, 0.15) is 25.3 Å². The van der Waals surface area contributed by atoms with E-state index in [-0.39, 0.29) is 0 Å². The molecule has 0 bridgehead atoms. The number of nitrogens with two attached hydrogens (primary N) is 1. The molecule has 0 aromatic heterocycles. The van der Waals surface area contributed by atoms with Crippen molar-refractivity contribution in [2.45, 2.75) is 31.8 Å². The van der Waals surface area contributed by atoms with Crippen molar-refractivity contribution in [3.63, 3.8) is 0 Å². The van der Waals surface area contributed by atoms with Gasteiger partial charge in [0.2, 0.25) is 0 Å². The summed E-state index contributed by atoms with van der Waals surface area (Å²) in [5.74, 6) is 0.354. The number of nitrogens with one attached hydrogen (secondary N) is 1. The third kappa shape index (κ3) is 3.58. The highest BCUT2D eigenvalue weighted by molar-refractivity contribution is 7.87. The van der Waals surface area contributed by atoms with Crippen LogP contribution in [0, 0.1) is 5.92 Å². The fourth-order valence-corrected chi connectivity index (χ4v) is 3.62. The van der Waals surface area contributed by atoms with E-state index in [1.807, 2.05) is 37.3 Å². The summed E-state index contributed by atoms with van der Waals surface area (Å²) < 4.78 is 28.9. The number of hydrogen-bond donors (Lipinski definition) is 2. The minimum Gasteiger partial charge on any atom is -0.329 e. The van der Waals surface area contributed by atoms with Gasteiger partial charge >= 0.3 is 0 Å². The zero-order chi connectivity index (χ0) is 14.8. The first-order chi connectivity index (χ1) is 9.37. The molecule has 3 N–H and O–H groups in total. The molecule has 6 heteroatoms. The first kappa shape index (κ1) is 15.4. The fraction of sp³-hybridized carbons (Fsp3) is 0.571. The van der Waals surface area contributed by atoms with Crippen molar-refractivity contribution >= 4 is 10.2 Å². The number of hydrogen-bond acceptors (Lipinski definition) is 3. The minimum absolute atomic E-state index is 0.316. The Morgan fingerprint density at radius 3 is 2.45 bits per heavy atom. The van der Waals surface area contributed by atoms with Gasteiger partial charge in [0.05, 0.1) is 0 Å². The van der Waals surface area contributed by atoms with Crippen molar-refractivity contribution in [1.29, 1.82) is 0 Å². The lowest BCUT2D eigenvalue weighted by atomic mass is 9.98. The first-order valence-corrected chi connectivity index (χ1v) is 8.30. The van der Waals surface area contributed by atoms with Crippen molar-refractivity contribution in [1.82, 2.24) is 9.03 Å². The van der Waals surface area contributed by atoms with E-state index < -0.39 is 15.7 Å². The minimum atomic E-state index is -3.53. The van der Waals surface area contributed by atoms with Crippen LogP contribution in [0.2, 0.25) is 0 Å². The molecule has 0 spiro atoms. The average molecular weight is 297 g/mol. The van der Waals surface area contributed by atoms with Crippen LogP contribution in [0.4, 0.5) is 0 Å². The lowest BCUT2D eigenvalue weighted by molar-refractivity contribution is 0.353. The Labute approximate surface area is 121 Å². The topological polar surface area (TPSA) is 75.4 Å². The predicted molar refractivity (Wildman–Crippen MR) is 80.1 cm³/mol. The normalized spacial score (nSPS) is 19.0. The van der Waals surface area contributed by atoms with Crippen LogP contribution in [-0.4, -0.2) is 31.9 Å². The summed E-state index contributed by atoms with van der Waals surface area (Å²) in [6.07, 6.45) is 2.08. The SMILES string of the molecule is CN(Cc1ccccc1)S(=O)(=O)NC(C)(CN)C1CC1. The Kier molecular flexibility index (Phi) is 4.49. The van der Waals surface area contributed by atoms with E-state index in [0.29, 0.717) is 19.0 Å². The molecule has 1 aliphatic rings. The Bertz CT molecular complexity index is 543. The molecule has 1 fully saturated rings. The molecule has 0 amide bonds. The Morgan fingerprint density at radius 2 is 1.95 bits per heavy atom. The summed E-state index contributed by atoms with van der Waals surface area (Å²) >= 11 is 0. The average Bonchev–Trinajstić information content (AvgIpc) is 3.24. The van der Waals surface area contributed by atoms with Gasteiger partial charge in [-0.15, -0.1) is 0 Å². The van der Waals surface area contributed by atoms with Crippen LogP contribution in [-0.2, 0) is 16.8 Å². The molecule has 1 atom stereocenters. The summed E-state index contributed by atoms with van der Waals surface area (Å²) in [7, 11) is -1.95. The summed E-state index contributed by atoms with van der Waals surface area (Å²) in [4.78, 5) is 0. The van der Waals surface area contributed by atoms with Gasteiger partial charge < -0.3 is 5.73 Å². The molecule has 1 aromatic carbocycles. The first-order valence-electron chi connectivity index (χ1n) is 6.86. The van der Waals surface area contributed by atoms with Crippen molar-refractivity contribution in [2.24, 2.45) is 11.7 Å². The molecule has 0 saturated heterocycles. The van der Waals surface area contributed by atoms with E-state index in [4.69, 9.17) is 5.73 Å². The highest BCUT2D eigenvalue weighted by atomic mass is 32.2. The van der Waals surface area contributed by atoms with Gasteiger partial charge in [-0.25, -0.2) is 0 Å². The maximum absolute atomic E-state index is 12.4. The van der Waals surface area contributed by atoms with Gasteiger partial charge in [0, 0.05) is 25.7 Å². The molecule has 5 nitrogen and oxygen atoms in total. The molecule has 20 heavy (non-hydrogen) atoms. The van der Waals surface area contributed by atoms with E-state index in [0.717, 1.165) is 18.4 Å². The lowest BCUT2D eigenvalue weighted by Gasteiger charge is -2.31. The lowest BCUT2D eigenvalue weighted by Crippen LogP contribution is -2.56. The van der Waals surface area contributed by atoms with Gasteiger partial charge in [-0.1, -0.05) is 30.3 Å². The summed E-state index contributed by atoms with van der Waals surface area (Å²) in [5.41, 5.74) is 6.18. The molecule has 0 aliphatic heterocycles. The Morgan fingerprint density at radius 1 is 1.35 bits per heavy atom. The highest BCUT2D eigenvalue weighted by Gasteiger charge is 2.43. The molecule has 0 heterocycles. The van der Waals surface area contributed by atoms with E-state index in [2.05, 4.69) is 4.72 Å². The Hall–Kier alpha value is -0.950. The summed E-state index contributed by atoms with van der Waals surface area (Å²) in [5, 5.41) is 0. The van der Waals surface area contributed by atoms with E-state index >= 15 is 0 Å². The van der Waals surface area contributed by atoms with Gasteiger partial charge in [0.1, 0.15) is 0 Å². The second-order valence-electron chi connectivity index (χ2n) is 5.74. The molecule has 1 saturated carbocycles. The van der Waals surface area contributed by atoms with Gasteiger partial charge in [-0.2, -0.15) is 17.4 Å². The zero-order valence-corrected chi connectivity index (χ0v) is 12.9. The van der Waals surface area contributed by atoms with Gasteiger partial charge in [0.25, 0.3) is 10.2 Å². The molecule has 112 valence electrons. The molecule has 1 aliphatic carbocycles. The van der Waals surface area contributed by atoms with Crippen molar-refractivity contribution < 1.29 is 8.42 Å². The number of nitrogens with zero attached hydrogens (tertiary/aromatic N) is 1. The third-order valence-electron chi connectivity index (χ3n) is 3.92.